The Kier molecular flexibility index (Phi) is 3.85. The van der Waals surface area contributed by atoms with Crippen LogP contribution in [0.5, 0.6) is 0 Å². The monoisotopic (exact) mass is 202 g/mol. The maximum atomic E-state index is 9.05. The Labute approximate surface area is 92.0 Å². The van der Waals surface area contributed by atoms with Crippen LogP contribution in [0.3, 0.4) is 0 Å². The Balaban J connectivity index is 3.53. The van der Waals surface area contributed by atoms with Crippen molar-refractivity contribution in [3.05, 3.63) is 28.1 Å². The summed E-state index contributed by atoms with van der Waals surface area (Å²) in [5, 5.41) is 9.05. The number of aryl methyl sites for hydroxylation is 1. The molecular formula is C13H18N2. The zero-order valence-electron chi connectivity index (χ0n) is 10.0. The first-order valence-electron chi connectivity index (χ1n) is 5.60. The van der Waals surface area contributed by atoms with Crippen molar-refractivity contribution in [1.82, 2.24) is 4.98 Å². The van der Waals surface area contributed by atoms with E-state index < -0.39 is 0 Å². The minimum Gasteiger partial charge on any atom is -0.242 e. The molecule has 0 fully saturated rings. The van der Waals surface area contributed by atoms with Gasteiger partial charge in [0, 0.05) is 5.69 Å². The Morgan fingerprint density at radius 1 is 1.00 bits per heavy atom. The van der Waals surface area contributed by atoms with Gasteiger partial charge >= 0.3 is 0 Å². The van der Waals surface area contributed by atoms with E-state index in [1.807, 2.05) is 6.92 Å². The molecule has 0 radical (unpaired) electrons. The second kappa shape index (κ2) is 4.93. The first kappa shape index (κ1) is 11.7. The highest BCUT2D eigenvalue weighted by Gasteiger charge is 2.13. The summed E-state index contributed by atoms with van der Waals surface area (Å²) in [5.41, 5.74) is 5.44. The molecule has 80 valence electrons. The third-order valence-corrected chi connectivity index (χ3v) is 2.90. The van der Waals surface area contributed by atoms with Crippen LogP contribution in [-0.2, 0) is 19.3 Å². The molecule has 0 aliphatic rings. The van der Waals surface area contributed by atoms with Crippen LogP contribution in [0.1, 0.15) is 48.8 Å². The number of pyridine rings is 1. The van der Waals surface area contributed by atoms with Crippen LogP contribution in [0.25, 0.3) is 0 Å². The second-order valence-electron chi connectivity index (χ2n) is 3.65. The molecule has 2 nitrogen and oxygen atoms in total. The Bertz CT molecular complexity index is 400. The number of nitrogens with zero attached hydrogens (tertiary/aromatic N) is 2. The van der Waals surface area contributed by atoms with E-state index in [4.69, 9.17) is 5.26 Å². The summed E-state index contributed by atoms with van der Waals surface area (Å²) in [6.45, 7) is 8.38. The molecular weight excluding hydrogens is 184 g/mol. The molecule has 0 aromatic carbocycles. The lowest BCUT2D eigenvalue weighted by molar-refractivity contribution is 0.919. The van der Waals surface area contributed by atoms with Gasteiger partial charge in [-0.2, -0.15) is 5.26 Å². The average Bonchev–Trinajstić information content (AvgIpc) is 2.27. The highest BCUT2D eigenvalue weighted by Crippen LogP contribution is 2.22. The molecule has 0 saturated carbocycles. The van der Waals surface area contributed by atoms with Crippen LogP contribution < -0.4 is 0 Å². The summed E-state index contributed by atoms with van der Waals surface area (Å²) in [6.07, 6.45) is 2.89. The SMILES string of the molecule is CCc1c(C)nc(C#N)c(CC)c1CC. The van der Waals surface area contributed by atoms with E-state index >= 15 is 0 Å². The van der Waals surface area contributed by atoms with Gasteiger partial charge in [0.15, 0.2) is 0 Å². The number of aromatic nitrogens is 1. The van der Waals surface area contributed by atoms with Crippen LogP contribution in [0.15, 0.2) is 0 Å². The van der Waals surface area contributed by atoms with Gasteiger partial charge in [0.05, 0.1) is 0 Å². The van der Waals surface area contributed by atoms with Crippen molar-refractivity contribution in [1.29, 1.82) is 5.26 Å². The fourth-order valence-corrected chi connectivity index (χ4v) is 2.22. The molecule has 0 bridgehead atoms. The fourth-order valence-electron chi connectivity index (χ4n) is 2.22. The predicted octanol–water partition coefficient (Wildman–Crippen LogP) is 2.95. The van der Waals surface area contributed by atoms with E-state index in [9.17, 15) is 0 Å². The molecule has 1 aromatic rings. The maximum Gasteiger partial charge on any atom is 0.144 e. The van der Waals surface area contributed by atoms with Gasteiger partial charge < -0.3 is 0 Å². The normalized spacial score (nSPS) is 10.1. The Morgan fingerprint density at radius 2 is 1.53 bits per heavy atom. The van der Waals surface area contributed by atoms with Crippen LogP contribution in [-0.4, -0.2) is 4.98 Å². The quantitative estimate of drug-likeness (QED) is 0.755. The second-order valence-corrected chi connectivity index (χ2v) is 3.65. The molecule has 1 rings (SSSR count). The van der Waals surface area contributed by atoms with Crippen LogP contribution >= 0.6 is 0 Å². The predicted molar refractivity (Wildman–Crippen MR) is 61.8 cm³/mol. The van der Waals surface area contributed by atoms with Gasteiger partial charge in [-0.05, 0) is 42.9 Å². The number of rotatable bonds is 3. The number of hydrogen-bond donors (Lipinski definition) is 0. The largest absolute Gasteiger partial charge is 0.242 e. The number of hydrogen-bond acceptors (Lipinski definition) is 2. The van der Waals surface area contributed by atoms with Crippen LogP contribution in [0.2, 0.25) is 0 Å². The molecule has 0 unspecified atom stereocenters. The topological polar surface area (TPSA) is 36.7 Å². The summed E-state index contributed by atoms with van der Waals surface area (Å²) in [4.78, 5) is 4.38. The van der Waals surface area contributed by atoms with Crippen molar-refractivity contribution in [2.24, 2.45) is 0 Å². The lowest BCUT2D eigenvalue weighted by Crippen LogP contribution is -2.06. The third kappa shape index (κ3) is 2.02. The van der Waals surface area contributed by atoms with Crippen molar-refractivity contribution in [3.8, 4) is 6.07 Å². The molecule has 0 amide bonds. The van der Waals surface area contributed by atoms with Gasteiger partial charge in [-0.15, -0.1) is 0 Å². The zero-order chi connectivity index (χ0) is 11.4. The van der Waals surface area contributed by atoms with Gasteiger partial charge in [0.25, 0.3) is 0 Å². The van der Waals surface area contributed by atoms with Crippen molar-refractivity contribution >= 4 is 0 Å². The molecule has 1 heterocycles. The van der Waals surface area contributed by atoms with Gasteiger partial charge in [-0.25, -0.2) is 4.98 Å². The van der Waals surface area contributed by atoms with Crippen molar-refractivity contribution in [3.63, 3.8) is 0 Å². The van der Waals surface area contributed by atoms with E-state index in [2.05, 4.69) is 31.8 Å². The average molecular weight is 202 g/mol. The Hall–Kier alpha value is -1.36. The molecule has 0 aliphatic heterocycles. The number of nitriles is 1. The lowest BCUT2D eigenvalue weighted by atomic mass is 9.94. The maximum absolute atomic E-state index is 9.05. The minimum atomic E-state index is 0.615. The first-order chi connectivity index (χ1) is 7.19. The highest BCUT2D eigenvalue weighted by molar-refractivity contribution is 5.45. The van der Waals surface area contributed by atoms with Crippen molar-refractivity contribution in [2.45, 2.75) is 47.0 Å². The molecule has 15 heavy (non-hydrogen) atoms. The fraction of sp³-hybridized carbons (Fsp3) is 0.538. The smallest absolute Gasteiger partial charge is 0.144 e. The van der Waals surface area contributed by atoms with Crippen LogP contribution in [0.4, 0.5) is 0 Å². The molecule has 2 heteroatoms. The van der Waals surface area contributed by atoms with E-state index in [0.29, 0.717) is 5.69 Å². The van der Waals surface area contributed by atoms with E-state index in [0.717, 1.165) is 30.5 Å². The molecule has 0 spiro atoms. The molecule has 1 aromatic heterocycles. The van der Waals surface area contributed by atoms with Gasteiger partial charge in [-0.3, -0.25) is 0 Å². The van der Waals surface area contributed by atoms with E-state index in [1.54, 1.807) is 0 Å². The van der Waals surface area contributed by atoms with Crippen LogP contribution in [0, 0.1) is 18.3 Å². The zero-order valence-corrected chi connectivity index (χ0v) is 10.0. The first-order valence-corrected chi connectivity index (χ1v) is 5.60. The van der Waals surface area contributed by atoms with Crippen molar-refractivity contribution < 1.29 is 0 Å². The minimum absolute atomic E-state index is 0.615. The summed E-state index contributed by atoms with van der Waals surface area (Å²) >= 11 is 0. The molecule has 0 aliphatic carbocycles. The van der Waals surface area contributed by atoms with E-state index in [1.165, 1.54) is 11.1 Å². The van der Waals surface area contributed by atoms with Gasteiger partial charge in [0.2, 0.25) is 0 Å². The summed E-state index contributed by atoms with van der Waals surface area (Å²) in [5.74, 6) is 0. The molecule has 0 N–H and O–H groups in total. The Morgan fingerprint density at radius 3 is 1.93 bits per heavy atom. The lowest BCUT2D eigenvalue weighted by Gasteiger charge is -2.14. The van der Waals surface area contributed by atoms with Crippen molar-refractivity contribution in [2.75, 3.05) is 0 Å². The summed E-state index contributed by atoms with van der Waals surface area (Å²) in [6, 6.07) is 2.20. The summed E-state index contributed by atoms with van der Waals surface area (Å²) in [7, 11) is 0. The molecule has 0 atom stereocenters. The highest BCUT2D eigenvalue weighted by atomic mass is 14.7. The molecule has 0 saturated heterocycles. The third-order valence-electron chi connectivity index (χ3n) is 2.90. The standard InChI is InChI=1S/C13H18N2/c1-5-10-9(4)15-13(8-14)12(7-3)11(10)6-2/h5-7H2,1-4H3. The summed E-state index contributed by atoms with van der Waals surface area (Å²) < 4.78 is 0. The van der Waals surface area contributed by atoms with Gasteiger partial charge in [-0.1, -0.05) is 20.8 Å². The van der Waals surface area contributed by atoms with Gasteiger partial charge in [0.1, 0.15) is 11.8 Å². The van der Waals surface area contributed by atoms with E-state index in [-0.39, 0.29) is 0 Å².